The molecule has 2 rings (SSSR count). The molecule has 17 heavy (non-hydrogen) atoms. The van der Waals surface area contributed by atoms with E-state index in [0.29, 0.717) is 24.3 Å². The molecule has 90 valence electrons. The van der Waals surface area contributed by atoms with Gasteiger partial charge in [0.1, 0.15) is 6.04 Å². The molecule has 0 aliphatic carbocycles. The predicted octanol–water partition coefficient (Wildman–Crippen LogP) is 0.623. The van der Waals surface area contributed by atoms with E-state index in [9.17, 15) is 9.59 Å². The first-order valence-electron chi connectivity index (χ1n) is 5.41. The molecule has 1 saturated heterocycles. The Morgan fingerprint density at radius 2 is 2.29 bits per heavy atom. The zero-order valence-corrected chi connectivity index (χ0v) is 9.53. The number of ether oxygens (including phenoxy) is 1. The molecule has 1 aromatic carbocycles. The maximum atomic E-state index is 11.8. The summed E-state index contributed by atoms with van der Waals surface area (Å²) in [5.41, 5.74) is 7.65. The van der Waals surface area contributed by atoms with Crippen LogP contribution in [0, 0.1) is 6.92 Å². The summed E-state index contributed by atoms with van der Waals surface area (Å²) in [6.45, 7) is 2.23. The third-order valence-electron chi connectivity index (χ3n) is 2.78. The molecule has 1 amide bonds. The molecule has 0 spiro atoms. The lowest BCUT2D eigenvalue weighted by Crippen LogP contribution is -2.37. The van der Waals surface area contributed by atoms with Gasteiger partial charge < -0.3 is 15.8 Å². The van der Waals surface area contributed by atoms with Gasteiger partial charge in [0, 0.05) is 17.7 Å². The van der Waals surface area contributed by atoms with Gasteiger partial charge in [0.25, 0.3) is 5.91 Å². The number of benzene rings is 1. The number of aryl methyl sites for hydroxylation is 1. The summed E-state index contributed by atoms with van der Waals surface area (Å²) in [6, 6.07) is 4.52. The second-order valence-electron chi connectivity index (χ2n) is 4.05. The summed E-state index contributed by atoms with van der Waals surface area (Å²) in [4.78, 5) is 23.0. The van der Waals surface area contributed by atoms with Crippen LogP contribution in [0.25, 0.3) is 0 Å². The zero-order chi connectivity index (χ0) is 12.4. The van der Waals surface area contributed by atoms with Crippen LogP contribution < -0.4 is 11.1 Å². The van der Waals surface area contributed by atoms with Crippen LogP contribution in [-0.4, -0.2) is 24.5 Å². The number of carbonyl (C=O) groups is 2. The number of amides is 1. The number of rotatable bonds is 2. The van der Waals surface area contributed by atoms with E-state index in [1.54, 1.807) is 18.2 Å². The molecule has 0 bridgehead atoms. The van der Waals surface area contributed by atoms with Gasteiger partial charge in [-0.1, -0.05) is 6.07 Å². The average Bonchev–Trinajstić information content (AvgIpc) is 2.68. The van der Waals surface area contributed by atoms with Crippen LogP contribution in [0.15, 0.2) is 18.2 Å². The van der Waals surface area contributed by atoms with E-state index in [0.717, 1.165) is 5.56 Å². The monoisotopic (exact) mass is 234 g/mol. The van der Waals surface area contributed by atoms with Crippen LogP contribution in [0.3, 0.4) is 0 Å². The lowest BCUT2D eigenvalue weighted by Gasteiger charge is -2.09. The van der Waals surface area contributed by atoms with E-state index < -0.39 is 6.04 Å². The van der Waals surface area contributed by atoms with Gasteiger partial charge in [-0.25, -0.2) is 4.79 Å². The highest BCUT2D eigenvalue weighted by molar-refractivity contribution is 5.97. The largest absolute Gasteiger partial charge is 0.464 e. The Morgan fingerprint density at radius 1 is 1.53 bits per heavy atom. The Balaban J connectivity index is 2.09. The third kappa shape index (κ3) is 2.38. The molecule has 0 aromatic heterocycles. The van der Waals surface area contributed by atoms with Gasteiger partial charge in [-0.2, -0.15) is 0 Å². The first-order valence-corrected chi connectivity index (χ1v) is 5.41. The number of hydrogen-bond donors (Lipinski definition) is 2. The van der Waals surface area contributed by atoms with Crippen molar-refractivity contribution in [3.05, 3.63) is 29.3 Å². The molecule has 1 heterocycles. The number of anilines is 1. The summed E-state index contributed by atoms with van der Waals surface area (Å²) in [5, 5.41) is 2.62. The normalized spacial score (nSPS) is 18.9. The van der Waals surface area contributed by atoms with Crippen molar-refractivity contribution in [3.63, 3.8) is 0 Å². The van der Waals surface area contributed by atoms with Crippen LogP contribution in [0.1, 0.15) is 22.3 Å². The minimum atomic E-state index is -0.537. The van der Waals surface area contributed by atoms with Gasteiger partial charge in [-0.15, -0.1) is 0 Å². The number of cyclic esters (lactones) is 1. The first kappa shape index (κ1) is 11.4. The van der Waals surface area contributed by atoms with Crippen LogP contribution in [0.4, 0.5) is 5.69 Å². The zero-order valence-electron chi connectivity index (χ0n) is 9.53. The van der Waals surface area contributed by atoms with Crippen molar-refractivity contribution >= 4 is 17.6 Å². The summed E-state index contributed by atoms with van der Waals surface area (Å²) in [6.07, 6.45) is 0.520. The van der Waals surface area contributed by atoms with Crippen molar-refractivity contribution in [2.75, 3.05) is 12.3 Å². The lowest BCUT2D eigenvalue weighted by atomic mass is 10.1. The Kier molecular flexibility index (Phi) is 2.99. The van der Waals surface area contributed by atoms with Crippen molar-refractivity contribution < 1.29 is 14.3 Å². The highest BCUT2D eigenvalue weighted by Gasteiger charge is 2.28. The Morgan fingerprint density at radius 3 is 2.88 bits per heavy atom. The third-order valence-corrected chi connectivity index (χ3v) is 2.78. The van der Waals surface area contributed by atoms with Crippen molar-refractivity contribution in [2.24, 2.45) is 0 Å². The van der Waals surface area contributed by atoms with E-state index in [1.807, 2.05) is 6.92 Å². The molecule has 0 radical (unpaired) electrons. The maximum Gasteiger partial charge on any atom is 0.328 e. The number of nitrogens with one attached hydrogen (secondary N) is 1. The molecule has 1 aliphatic heterocycles. The van der Waals surface area contributed by atoms with Gasteiger partial charge in [0.2, 0.25) is 0 Å². The Bertz CT molecular complexity index is 471. The first-order chi connectivity index (χ1) is 8.08. The number of nitrogen functional groups attached to an aromatic ring is 1. The fourth-order valence-corrected chi connectivity index (χ4v) is 1.65. The molecule has 3 N–H and O–H groups in total. The molecule has 0 saturated carbocycles. The van der Waals surface area contributed by atoms with Crippen molar-refractivity contribution in [2.45, 2.75) is 19.4 Å². The summed E-state index contributed by atoms with van der Waals surface area (Å²) in [5.74, 6) is -0.681. The Labute approximate surface area is 98.9 Å². The number of hydrogen-bond acceptors (Lipinski definition) is 4. The minimum Gasteiger partial charge on any atom is -0.464 e. The number of nitrogens with two attached hydrogens (primary N) is 1. The molecular weight excluding hydrogens is 220 g/mol. The quantitative estimate of drug-likeness (QED) is 0.580. The van der Waals surface area contributed by atoms with Gasteiger partial charge in [0.05, 0.1) is 6.61 Å². The molecule has 1 unspecified atom stereocenters. The SMILES string of the molecule is Cc1ccc(C(=O)NC2CCOC2=O)cc1N. The van der Waals surface area contributed by atoms with Gasteiger partial charge >= 0.3 is 5.97 Å². The minimum absolute atomic E-state index is 0.305. The predicted molar refractivity (Wildman–Crippen MR) is 62.4 cm³/mol. The maximum absolute atomic E-state index is 11.8. The van der Waals surface area contributed by atoms with Crippen molar-refractivity contribution in [1.29, 1.82) is 0 Å². The van der Waals surface area contributed by atoms with E-state index >= 15 is 0 Å². The molecule has 1 fully saturated rings. The van der Waals surface area contributed by atoms with Crippen molar-refractivity contribution in [3.8, 4) is 0 Å². The summed E-state index contributed by atoms with van der Waals surface area (Å²) < 4.78 is 4.77. The fraction of sp³-hybridized carbons (Fsp3) is 0.333. The van der Waals surface area contributed by atoms with E-state index in [4.69, 9.17) is 10.5 Å². The van der Waals surface area contributed by atoms with E-state index in [1.165, 1.54) is 0 Å². The smallest absolute Gasteiger partial charge is 0.328 e. The van der Waals surface area contributed by atoms with Crippen LogP contribution in [0.2, 0.25) is 0 Å². The van der Waals surface area contributed by atoms with Crippen LogP contribution in [-0.2, 0) is 9.53 Å². The molecule has 1 atom stereocenters. The highest BCUT2D eigenvalue weighted by atomic mass is 16.5. The van der Waals surface area contributed by atoms with E-state index in [2.05, 4.69) is 5.32 Å². The second-order valence-corrected chi connectivity index (χ2v) is 4.05. The number of carbonyl (C=O) groups excluding carboxylic acids is 2. The topological polar surface area (TPSA) is 81.4 Å². The van der Waals surface area contributed by atoms with E-state index in [-0.39, 0.29) is 11.9 Å². The fourth-order valence-electron chi connectivity index (χ4n) is 1.65. The summed E-state index contributed by atoms with van der Waals surface area (Å²) in [7, 11) is 0. The summed E-state index contributed by atoms with van der Waals surface area (Å²) >= 11 is 0. The molecule has 1 aliphatic rings. The van der Waals surface area contributed by atoms with Crippen LogP contribution in [0.5, 0.6) is 0 Å². The van der Waals surface area contributed by atoms with Gasteiger partial charge in [-0.3, -0.25) is 4.79 Å². The molecule has 5 nitrogen and oxygen atoms in total. The molecule has 5 heteroatoms. The number of esters is 1. The second kappa shape index (κ2) is 4.45. The standard InChI is InChI=1S/C12H14N2O3/c1-7-2-3-8(6-9(7)13)11(15)14-10-4-5-17-12(10)16/h2-3,6,10H,4-5,13H2,1H3,(H,14,15). The lowest BCUT2D eigenvalue weighted by molar-refractivity contribution is -0.139. The van der Waals surface area contributed by atoms with Gasteiger partial charge in [-0.05, 0) is 24.6 Å². The highest BCUT2D eigenvalue weighted by Crippen LogP contribution is 2.14. The molecule has 1 aromatic rings. The van der Waals surface area contributed by atoms with Gasteiger partial charge in [0.15, 0.2) is 0 Å². The average molecular weight is 234 g/mol. The van der Waals surface area contributed by atoms with Crippen molar-refractivity contribution in [1.82, 2.24) is 5.32 Å². The Hall–Kier alpha value is -2.04. The van der Waals surface area contributed by atoms with Crippen LogP contribution >= 0.6 is 0 Å². The molecular formula is C12H14N2O3.